The zero-order valence-electron chi connectivity index (χ0n) is 7.94. The first-order valence-electron chi connectivity index (χ1n) is 4.28. The second-order valence-corrected chi connectivity index (χ2v) is 2.84. The molecule has 0 saturated heterocycles. The van der Waals surface area contributed by atoms with Gasteiger partial charge in [0.25, 0.3) is 5.56 Å². The van der Waals surface area contributed by atoms with Gasteiger partial charge in [-0.15, -0.1) is 0 Å². The van der Waals surface area contributed by atoms with Crippen molar-refractivity contribution in [1.29, 1.82) is 0 Å². The zero-order chi connectivity index (χ0) is 11.5. The van der Waals surface area contributed by atoms with Crippen LogP contribution in [0.4, 0.5) is 0 Å². The van der Waals surface area contributed by atoms with Gasteiger partial charge in [-0.25, -0.2) is 9.78 Å². The number of carboxylic acid groups (broad SMARTS) is 1. The third kappa shape index (κ3) is 1.78. The van der Waals surface area contributed by atoms with Gasteiger partial charge >= 0.3 is 5.97 Å². The molecule has 16 heavy (non-hydrogen) atoms. The Bertz CT molecular complexity index is 579. The number of nitrogens with zero attached hydrogens (tertiary/aromatic N) is 4. The van der Waals surface area contributed by atoms with E-state index in [1.165, 1.54) is 18.6 Å². The number of hydrogen-bond donors (Lipinski definition) is 1. The Kier molecular flexibility index (Phi) is 2.42. The van der Waals surface area contributed by atoms with Crippen molar-refractivity contribution >= 4 is 5.97 Å². The van der Waals surface area contributed by atoms with Gasteiger partial charge < -0.3 is 5.11 Å². The lowest BCUT2D eigenvalue weighted by atomic mass is 10.4. The minimum absolute atomic E-state index is 0.176. The largest absolute Gasteiger partial charge is 0.476 e. The van der Waals surface area contributed by atoms with Gasteiger partial charge in [-0.05, 0) is 6.07 Å². The first kappa shape index (κ1) is 9.97. The molecule has 0 fully saturated rings. The number of aromatic nitrogens is 4. The molecule has 2 heterocycles. The van der Waals surface area contributed by atoms with Crippen molar-refractivity contribution in [2.75, 3.05) is 0 Å². The molecule has 0 bridgehead atoms. The molecule has 2 aromatic rings. The van der Waals surface area contributed by atoms with Crippen LogP contribution in [0.2, 0.25) is 0 Å². The SMILES string of the molecule is O=C(O)c1ccc(=O)n(-c2cnccn2)n1. The molecule has 0 atom stereocenters. The van der Waals surface area contributed by atoms with Crippen LogP contribution in [0.3, 0.4) is 0 Å². The first-order chi connectivity index (χ1) is 7.68. The highest BCUT2D eigenvalue weighted by Crippen LogP contribution is 1.96. The van der Waals surface area contributed by atoms with Crippen molar-refractivity contribution in [2.24, 2.45) is 0 Å². The number of carboxylic acids is 1. The lowest BCUT2D eigenvalue weighted by Gasteiger charge is -2.02. The Hall–Kier alpha value is -2.57. The molecule has 0 aliphatic heterocycles. The Balaban J connectivity index is 2.61. The molecule has 0 saturated carbocycles. The molecule has 0 aliphatic carbocycles. The summed E-state index contributed by atoms with van der Waals surface area (Å²) < 4.78 is 0.885. The summed E-state index contributed by atoms with van der Waals surface area (Å²) in [7, 11) is 0. The molecule has 2 aromatic heterocycles. The Morgan fingerprint density at radius 2 is 2.12 bits per heavy atom. The second-order valence-electron chi connectivity index (χ2n) is 2.84. The summed E-state index contributed by atoms with van der Waals surface area (Å²) in [4.78, 5) is 29.7. The minimum atomic E-state index is -1.21. The molecule has 0 spiro atoms. The van der Waals surface area contributed by atoms with E-state index in [2.05, 4.69) is 15.1 Å². The summed E-state index contributed by atoms with van der Waals surface area (Å²) in [6.07, 6.45) is 4.15. The molecule has 0 aromatic carbocycles. The Labute approximate surface area is 89.0 Å². The van der Waals surface area contributed by atoms with E-state index in [4.69, 9.17) is 5.11 Å². The van der Waals surface area contributed by atoms with E-state index in [1.54, 1.807) is 0 Å². The van der Waals surface area contributed by atoms with Crippen LogP contribution in [0, 0.1) is 0 Å². The van der Waals surface area contributed by atoms with Crippen LogP contribution in [-0.4, -0.2) is 30.8 Å². The fourth-order valence-electron chi connectivity index (χ4n) is 1.09. The van der Waals surface area contributed by atoms with Gasteiger partial charge in [-0.3, -0.25) is 9.78 Å². The summed E-state index contributed by atoms with van der Waals surface area (Å²) >= 11 is 0. The van der Waals surface area contributed by atoms with Crippen LogP contribution in [0.25, 0.3) is 5.82 Å². The molecule has 80 valence electrons. The van der Waals surface area contributed by atoms with E-state index < -0.39 is 11.5 Å². The molecule has 0 amide bonds. The van der Waals surface area contributed by atoms with Gasteiger partial charge in [-0.1, -0.05) is 0 Å². The number of rotatable bonds is 2. The normalized spacial score (nSPS) is 10.0. The predicted molar refractivity (Wildman–Crippen MR) is 52.4 cm³/mol. The van der Waals surface area contributed by atoms with Gasteiger partial charge in [0.2, 0.25) is 0 Å². The highest BCUT2D eigenvalue weighted by molar-refractivity contribution is 5.84. The van der Waals surface area contributed by atoms with Gasteiger partial charge in [0, 0.05) is 18.5 Å². The Morgan fingerprint density at radius 3 is 2.75 bits per heavy atom. The van der Waals surface area contributed by atoms with Gasteiger partial charge in [0.15, 0.2) is 11.5 Å². The maximum absolute atomic E-state index is 11.4. The van der Waals surface area contributed by atoms with Crippen molar-refractivity contribution in [1.82, 2.24) is 19.7 Å². The van der Waals surface area contributed by atoms with Crippen molar-refractivity contribution in [3.05, 3.63) is 46.8 Å². The van der Waals surface area contributed by atoms with Crippen molar-refractivity contribution in [2.45, 2.75) is 0 Å². The zero-order valence-corrected chi connectivity index (χ0v) is 7.94. The highest BCUT2D eigenvalue weighted by Gasteiger charge is 2.08. The Morgan fingerprint density at radius 1 is 1.31 bits per heavy atom. The van der Waals surface area contributed by atoms with Gasteiger partial charge in [0.1, 0.15) is 0 Å². The summed E-state index contributed by atoms with van der Waals surface area (Å²) in [5, 5.41) is 12.4. The number of hydrogen-bond acceptors (Lipinski definition) is 5. The molecule has 0 unspecified atom stereocenters. The topological polar surface area (TPSA) is 98.0 Å². The van der Waals surface area contributed by atoms with Gasteiger partial charge in [-0.2, -0.15) is 9.78 Å². The van der Waals surface area contributed by atoms with Crippen LogP contribution < -0.4 is 5.56 Å². The van der Waals surface area contributed by atoms with Crippen LogP contribution >= 0.6 is 0 Å². The lowest BCUT2D eigenvalue weighted by Crippen LogP contribution is -2.23. The average Bonchev–Trinajstić information content (AvgIpc) is 2.30. The van der Waals surface area contributed by atoms with E-state index in [1.807, 2.05) is 0 Å². The summed E-state index contributed by atoms with van der Waals surface area (Å²) in [5.41, 5.74) is -0.698. The van der Waals surface area contributed by atoms with Crippen LogP contribution in [0.5, 0.6) is 0 Å². The summed E-state index contributed by atoms with van der Waals surface area (Å²) in [6.45, 7) is 0. The molecule has 0 radical (unpaired) electrons. The molecular formula is C9H6N4O3. The van der Waals surface area contributed by atoms with E-state index >= 15 is 0 Å². The van der Waals surface area contributed by atoms with E-state index in [0.29, 0.717) is 0 Å². The smallest absolute Gasteiger partial charge is 0.356 e. The summed E-state index contributed by atoms with van der Waals surface area (Å²) in [5.74, 6) is -1.03. The standard InChI is InChI=1S/C9H6N4O3/c14-8-2-1-6(9(15)16)12-13(8)7-5-10-3-4-11-7/h1-5H,(H,15,16). The fraction of sp³-hybridized carbons (Fsp3) is 0. The van der Waals surface area contributed by atoms with E-state index in [9.17, 15) is 9.59 Å². The molecule has 2 rings (SSSR count). The van der Waals surface area contributed by atoms with Crippen LogP contribution in [0.15, 0.2) is 35.5 Å². The molecule has 1 N–H and O–H groups in total. The quantitative estimate of drug-likeness (QED) is 0.744. The van der Waals surface area contributed by atoms with E-state index in [0.717, 1.165) is 16.8 Å². The fourth-order valence-corrected chi connectivity index (χ4v) is 1.09. The maximum Gasteiger partial charge on any atom is 0.356 e. The minimum Gasteiger partial charge on any atom is -0.476 e. The molecular weight excluding hydrogens is 212 g/mol. The predicted octanol–water partition coefficient (Wildman–Crippen LogP) is -0.279. The third-order valence-electron chi connectivity index (χ3n) is 1.79. The molecule has 0 aliphatic rings. The van der Waals surface area contributed by atoms with Gasteiger partial charge in [0.05, 0.1) is 6.20 Å². The van der Waals surface area contributed by atoms with Crippen LogP contribution in [0.1, 0.15) is 10.5 Å². The average molecular weight is 218 g/mol. The van der Waals surface area contributed by atoms with Crippen molar-refractivity contribution in [3.8, 4) is 5.82 Å². The van der Waals surface area contributed by atoms with Crippen molar-refractivity contribution < 1.29 is 9.90 Å². The number of carbonyl (C=O) groups is 1. The van der Waals surface area contributed by atoms with Crippen molar-refractivity contribution in [3.63, 3.8) is 0 Å². The first-order valence-corrected chi connectivity index (χ1v) is 4.28. The maximum atomic E-state index is 11.4. The monoisotopic (exact) mass is 218 g/mol. The highest BCUT2D eigenvalue weighted by atomic mass is 16.4. The number of aromatic carboxylic acids is 1. The summed E-state index contributed by atoms with van der Waals surface area (Å²) in [6, 6.07) is 2.25. The van der Waals surface area contributed by atoms with E-state index in [-0.39, 0.29) is 11.5 Å². The third-order valence-corrected chi connectivity index (χ3v) is 1.79. The molecule has 7 heteroatoms. The lowest BCUT2D eigenvalue weighted by molar-refractivity contribution is 0.0688. The second kappa shape index (κ2) is 3.89. The van der Waals surface area contributed by atoms with Crippen LogP contribution in [-0.2, 0) is 0 Å². The molecule has 7 nitrogen and oxygen atoms in total.